The molecule has 0 aromatic heterocycles. The molecule has 1 atom stereocenters. The Morgan fingerprint density at radius 2 is 2.16 bits per heavy atom. The summed E-state index contributed by atoms with van der Waals surface area (Å²) in [5.74, 6) is -0.477. The minimum absolute atomic E-state index is 0.0433. The summed E-state index contributed by atoms with van der Waals surface area (Å²) in [5.41, 5.74) is 1.73. The van der Waals surface area contributed by atoms with Gasteiger partial charge in [-0.25, -0.2) is 0 Å². The topological polar surface area (TPSA) is 46.6 Å². The van der Waals surface area contributed by atoms with Crippen LogP contribution < -0.4 is 0 Å². The molecule has 2 rings (SSSR count). The molecule has 1 fully saturated rings. The van der Waals surface area contributed by atoms with E-state index in [2.05, 4.69) is 15.9 Å². The van der Waals surface area contributed by atoms with Crippen LogP contribution in [0.25, 0.3) is 0 Å². The zero-order valence-corrected chi connectivity index (χ0v) is 12.6. The summed E-state index contributed by atoms with van der Waals surface area (Å²) in [7, 11) is 1.38. The van der Waals surface area contributed by atoms with E-state index in [4.69, 9.17) is 4.74 Å². The number of amides is 1. The van der Waals surface area contributed by atoms with Gasteiger partial charge in [-0.15, -0.1) is 0 Å². The highest BCUT2D eigenvalue weighted by Crippen LogP contribution is 2.24. The first kappa shape index (κ1) is 14.1. The van der Waals surface area contributed by atoms with Gasteiger partial charge in [0, 0.05) is 17.6 Å². The fraction of sp³-hybridized carbons (Fsp3) is 0.429. The van der Waals surface area contributed by atoms with Gasteiger partial charge in [0.15, 0.2) is 0 Å². The fourth-order valence-corrected chi connectivity index (χ4v) is 2.93. The van der Waals surface area contributed by atoms with Crippen molar-refractivity contribution in [2.75, 3.05) is 20.2 Å². The number of carbonyl (C=O) groups excluding carboxylic acids is 2. The Labute approximate surface area is 120 Å². The standard InChI is InChI=1S/C14H16BrNO3/c1-9-3-4-11(12(15)7-9)13(17)16-6-5-10(8-16)14(18)19-2/h3-4,7,10H,5-6,8H2,1-2H3. The Morgan fingerprint density at radius 1 is 1.42 bits per heavy atom. The van der Waals surface area contributed by atoms with Gasteiger partial charge < -0.3 is 9.64 Å². The van der Waals surface area contributed by atoms with Crippen molar-refractivity contribution in [2.24, 2.45) is 5.92 Å². The lowest BCUT2D eigenvalue weighted by Gasteiger charge is -2.17. The minimum atomic E-state index is -0.238. The van der Waals surface area contributed by atoms with Crippen LogP contribution in [0.5, 0.6) is 0 Å². The van der Waals surface area contributed by atoms with Gasteiger partial charge in [0.25, 0.3) is 5.91 Å². The Balaban J connectivity index is 2.11. The van der Waals surface area contributed by atoms with E-state index < -0.39 is 0 Å². The number of nitrogens with zero attached hydrogens (tertiary/aromatic N) is 1. The summed E-state index contributed by atoms with van der Waals surface area (Å²) in [6.07, 6.45) is 0.669. The van der Waals surface area contributed by atoms with Gasteiger partial charge in [0.2, 0.25) is 0 Å². The normalized spacial score (nSPS) is 18.5. The highest BCUT2D eigenvalue weighted by Gasteiger charge is 2.32. The van der Waals surface area contributed by atoms with E-state index in [0.717, 1.165) is 10.0 Å². The van der Waals surface area contributed by atoms with Crippen LogP contribution in [0.4, 0.5) is 0 Å². The molecule has 1 aromatic carbocycles. The van der Waals surface area contributed by atoms with E-state index in [0.29, 0.717) is 25.1 Å². The summed E-state index contributed by atoms with van der Waals surface area (Å²) >= 11 is 3.41. The number of methoxy groups -OCH3 is 1. The summed E-state index contributed by atoms with van der Waals surface area (Å²) < 4.78 is 5.51. The molecule has 102 valence electrons. The van der Waals surface area contributed by atoms with E-state index in [1.165, 1.54) is 7.11 Å². The van der Waals surface area contributed by atoms with Crippen LogP contribution in [0.1, 0.15) is 22.3 Å². The number of benzene rings is 1. The Hall–Kier alpha value is -1.36. The second-order valence-corrected chi connectivity index (χ2v) is 5.60. The average Bonchev–Trinajstić information content (AvgIpc) is 2.86. The van der Waals surface area contributed by atoms with E-state index in [1.807, 2.05) is 25.1 Å². The first-order valence-corrected chi connectivity index (χ1v) is 6.95. The van der Waals surface area contributed by atoms with Crippen molar-refractivity contribution in [2.45, 2.75) is 13.3 Å². The first-order valence-electron chi connectivity index (χ1n) is 6.16. The van der Waals surface area contributed by atoms with Crippen molar-refractivity contribution in [3.8, 4) is 0 Å². The maximum Gasteiger partial charge on any atom is 0.310 e. The summed E-state index contributed by atoms with van der Waals surface area (Å²) in [4.78, 5) is 25.5. The Kier molecular flexibility index (Phi) is 4.24. The largest absolute Gasteiger partial charge is 0.469 e. The van der Waals surface area contributed by atoms with Crippen molar-refractivity contribution >= 4 is 27.8 Å². The molecule has 1 aliphatic rings. The van der Waals surface area contributed by atoms with Crippen molar-refractivity contribution < 1.29 is 14.3 Å². The van der Waals surface area contributed by atoms with Crippen LogP contribution in [0.3, 0.4) is 0 Å². The van der Waals surface area contributed by atoms with Crippen molar-refractivity contribution in [1.29, 1.82) is 0 Å². The molecule has 19 heavy (non-hydrogen) atoms. The number of aryl methyl sites for hydroxylation is 1. The van der Waals surface area contributed by atoms with Crippen LogP contribution >= 0.6 is 15.9 Å². The third-order valence-corrected chi connectivity index (χ3v) is 4.02. The molecule has 1 amide bonds. The lowest BCUT2D eigenvalue weighted by atomic mass is 10.1. The summed E-state index contributed by atoms with van der Waals surface area (Å²) in [5, 5.41) is 0. The van der Waals surface area contributed by atoms with Crippen LogP contribution in [-0.2, 0) is 9.53 Å². The molecule has 4 nitrogen and oxygen atoms in total. The van der Waals surface area contributed by atoms with Crippen LogP contribution in [-0.4, -0.2) is 37.0 Å². The van der Waals surface area contributed by atoms with Gasteiger partial charge in [-0.3, -0.25) is 9.59 Å². The Morgan fingerprint density at radius 3 is 2.79 bits per heavy atom. The summed E-state index contributed by atoms with van der Waals surface area (Å²) in [6, 6.07) is 5.64. The lowest BCUT2D eigenvalue weighted by Crippen LogP contribution is -2.30. The van der Waals surface area contributed by atoms with Gasteiger partial charge in [0.1, 0.15) is 0 Å². The SMILES string of the molecule is COC(=O)C1CCN(C(=O)c2ccc(C)cc2Br)C1. The van der Waals surface area contributed by atoms with E-state index in [-0.39, 0.29) is 17.8 Å². The van der Waals surface area contributed by atoms with Crippen LogP contribution in [0.15, 0.2) is 22.7 Å². The zero-order chi connectivity index (χ0) is 14.0. The molecular formula is C14H16BrNO3. The highest BCUT2D eigenvalue weighted by molar-refractivity contribution is 9.10. The number of rotatable bonds is 2. The molecule has 1 unspecified atom stereocenters. The molecule has 5 heteroatoms. The maximum atomic E-state index is 12.4. The minimum Gasteiger partial charge on any atom is -0.469 e. The number of likely N-dealkylation sites (tertiary alicyclic amines) is 1. The summed E-state index contributed by atoms with van der Waals surface area (Å²) in [6.45, 7) is 3.01. The van der Waals surface area contributed by atoms with Crippen molar-refractivity contribution in [3.63, 3.8) is 0 Å². The molecule has 1 saturated heterocycles. The van der Waals surface area contributed by atoms with Gasteiger partial charge in [0.05, 0.1) is 18.6 Å². The van der Waals surface area contributed by atoms with E-state index >= 15 is 0 Å². The number of carbonyl (C=O) groups is 2. The second-order valence-electron chi connectivity index (χ2n) is 4.74. The van der Waals surface area contributed by atoms with E-state index in [9.17, 15) is 9.59 Å². The molecular weight excluding hydrogens is 310 g/mol. The zero-order valence-electron chi connectivity index (χ0n) is 11.0. The average molecular weight is 326 g/mol. The number of halogens is 1. The fourth-order valence-electron chi connectivity index (χ4n) is 2.27. The predicted octanol–water partition coefficient (Wildman–Crippen LogP) is 2.39. The smallest absolute Gasteiger partial charge is 0.310 e. The van der Waals surface area contributed by atoms with Gasteiger partial charge in [-0.05, 0) is 47.0 Å². The lowest BCUT2D eigenvalue weighted by molar-refractivity contribution is -0.144. The highest BCUT2D eigenvalue weighted by atomic mass is 79.9. The number of esters is 1. The van der Waals surface area contributed by atoms with Gasteiger partial charge >= 0.3 is 5.97 Å². The quantitative estimate of drug-likeness (QED) is 0.784. The van der Waals surface area contributed by atoms with Crippen molar-refractivity contribution in [3.05, 3.63) is 33.8 Å². The molecule has 1 heterocycles. The Bertz CT molecular complexity index is 515. The number of ether oxygens (including phenoxy) is 1. The predicted molar refractivity (Wildman–Crippen MR) is 74.9 cm³/mol. The maximum absolute atomic E-state index is 12.4. The molecule has 0 radical (unpaired) electrons. The molecule has 0 saturated carbocycles. The number of hydrogen-bond acceptors (Lipinski definition) is 3. The van der Waals surface area contributed by atoms with E-state index in [1.54, 1.807) is 4.90 Å². The third kappa shape index (κ3) is 2.97. The first-order chi connectivity index (χ1) is 9.02. The van der Waals surface area contributed by atoms with Crippen LogP contribution in [0.2, 0.25) is 0 Å². The van der Waals surface area contributed by atoms with Crippen molar-refractivity contribution in [1.82, 2.24) is 4.90 Å². The molecule has 0 N–H and O–H groups in total. The second kappa shape index (κ2) is 5.74. The molecule has 0 bridgehead atoms. The molecule has 1 aromatic rings. The van der Waals surface area contributed by atoms with Gasteiger partial charge in [-0.2, -0.15) is 0 Å². The molecule has 0 spiro atoms. The molecule has 0 aliphatic carbocycles. The molecule has 1 aliphatic heterocycles. The van der Waals surface area contributed by atoms with Crippen LogP contribution in [0, 0.1) is 12.8 Å². The monoisotopic (exact) mass is 325 g/mol. The number of hydrogen-bond donors (Lipinski definition) is 0. The van der Waals surface area contributed by atoms with Gasteiger partial charge in [-0.1, -0.05) is 6.07 Å². The third-order valence-electron chi connectivity index (χ3n) is 3.36.